The van der Waals surface area contributed by atoms with Crippen molar-refractivity contribution in [2.45, 2.75) is 72.3 Å². The quantitative estimate of drug-likeness (QED) is 0.240. The van der Waals surface area contributed by atoms with E-state index in [9.17, 15) is 24.4 Å². The molecule has 1 atom stereocenters. The Bertz CT molecular complexity index is 1010. The van der Waals surface area contributed by atoms with Crippen LogP contribution in [0.15, 0.2) is 49.1 Å². The molecule has 2 aromatic rings. The van der Waals surface area contributed by atoms with Gasteiger partial charge < -0.3 is 0 Å². The minimum atomic E-state index is -1.13. The van der Waals surface area contributed by atoms with Gasteiger partial charge in [-0.1, -0.05) is 58.0 Å². The lowest BCUT2D eigenvalue weighted by Crippen LogP contribution is -2.60. The first-order chi connectivity index (χ1) is 17.6. The Morgan fingerprint density at radius 3 is 2.27 bits per heavy atom. The number of hydrogen-bond acceptors (Lipinski definition) is 6. The second-order valence-corrected chi connectivity index (χ2v) is 9.95. The highest BCUT2D eigenvalue weighted by Gasteiger charge is 2.37. The fraction of sp³-hybridized carbons (Fsp3) is 0.519. The number of hydrogen-bond donors (Lipinski definition) is 2. The van der Waals surface area contributed by atoms with E-state index in [2.05, 4.69) is 4.98 Å². The van der Waals surface area contributed by atoms with Crippen LogP contribution in [-0.4, -0.2) is 61.0 Å². The molecule has 0 spiro atoms. The highest BCUT2D eigenvalue weighted by molar-refractivity contribution is 5.99. The van der Waals surface area contributed by atoms with E-state index in [4.69, 9.17) is 0 Å². The van der Waals surface area contributed by atoms with Crippen molar-refractivity contribution in [2.75, 3.05) is 6.54 Å². The van der Waals surface area contributed by atoms with Crippen molar-refractivity contribution in [1.29, 1.82) is 0 Å². The maximum Gasteiger partial charge on any atom is 0.268 e. The molecule has 0 aliphatic rings. The van der Waals surface area contributed by atoms with Crippen molar-refractivity contribution in [1.82, 2.24) is 25.0 Å². The molecule has 0 aliphatic carbocycles. The zero-order valence-electron chi connectivity index (χ0n) is 22.2. The number of nitrogens with one attached hydrogen (secondary N) is 1. The average Bonchev–Trinajstić information content (AvgIpc) is 3.41. The van der Waals surface area contributed by atoms with E-state index in [-0.39, 0.29) is 31.2 Å². The van der Waals surface area contributed by atoms with E-state index >= 15 is 0 Å². The lowest BCUT2D eigenvalue weighted by atomic mass is 10.0. The number of carbonyl (C=O) groups is 4. The third-order valence-corrected chi connectivity index (χ3v) is 5.87. The van der Waals surface area contributed by atoms with Gasteiger partial charge in [-0.25, -0.2) is 15.5 Å². The molecule has 202 valence electrons. The van der Waals surface area contributed by atoms with Crippen LogP contribution in [0.25, 0.3) is 0 Å². The topological polar surface area (TPSA) is 125 Å². The molecule has 1 aromatic carbocycles. The maximum atomic E-state index is 13.6. The summed E-state index contributed by atoms with van der Waals surface area (Å²) in [5, 5.41) is 11.9. The summed E-state index contributed by atoms with van der Waals surface area (Å²) in [7, 11) is 0. The van der Waals surface area contributed by atoms with Crippen molar-refractivity contribution < 1.29 is 24.4 Å². The number of carbonyl (C=O) groups excluding carboxylic acids is 4. The third-order valence-electron chi connectivity index (χ3n) is 5.87. The molecule has 0 radical (unpaired) electrons. The van der Waals surface area contributed by atoms with Gasteiger partial charge >= 0.3 is 0 Å². The fourth-order valence-corrected chi connectivity index (χ4v) is 3.96. The molecule has 37 heavy (non-hydrogen) atoms. The largest absolute Gasteiger partial charge is 0.289 e. The Morgan fingerprint density at radius 2 is 1.70 bits per heavy atom. The molecule has 2 N–H and O–H groups in total. The zero-order valence-corrected chi connectivity index (χ0v) is 22.2. The standard InChI is InChI=1S/C27H39N5O5/c1-20(2)13-14-24(33)32(23(27(36)29-37)12-8-11-22-9-6-5-7-10-22)31(18-21(3)4)26(35)17-25(34)30-16-15-28-19-30/h5-7,9-10,15-16,19-21,23,37H,8,11-14,17-18H2,1-4H3,(H,29,36)/t23-/m0/s1. The van der Waals surface area contributed by atoms with E-state index in [0.717, 1.165) is 5.56 Å². The number of hydrazine groups is 1. The van der Waals surface area contributed by atoms with Crippen LogP contribution in [-0.2, 0) is 20.8 Å². The molecule has 1 heterocycles. The Balaban J connectivity index is 2.37. The summed E-state index contributed by atoms with van der Waals surface area (Å²) in [5.74, 6) is -2.14. The number of rotatable bonds is 13. The van der Waals surface area contributed by atoms with Gasteiger partial charge in [-0.3, -0.25) is 34.0 Å². The van der Waals surface area contributed by atoms with Gasteiger partial charge in [0.05, 0.1) is 0 Å². The summed E-state index contributed by atoms with van der Waals surface area (Å²) in [6, 6.07) is 8.59. The summed E-state index contributed by atoms with van der Waals surface area (Å²) < 4.78 is 1.20. The molecule has 0 unspecified atom stereocenters. The number of aromatic nitrogens is 2. The number of imidazole rings is 1. The molecule has 10 nitrogen and oxygen atoms in total. The lowest BCUT2D eigenvalue weighted by molar-refractivity contribution is -0.175. The average molecular weight is 514 g/mol. The molecule has 10 heteroatoms. The van der Waals surface area contributed by atoms with E-state index in [1.54, 1.807) is 5.48 Å². The first kappa shape index (κ1) is 29.7. The Morgan fingerprint density at radius 1 is 1.00 bits per heavy atom. The summed E-state index contributed by atoms with van der Waals surface area (Å²) in [6.07, 6.45) is 5.76. The second kappa shape index (κ2) is 14.9. The van der Waals surface area contributed by atoms with Crippen LogP contribution in [0, 0.1) is 11.8 Å². The summed E-state index contributed by atoms with van der Waals surface area (Å²) in [4.78, 5) is 56.4. The van der Waals surface area contributed by atoms with Gasteiger partial charge in [-0.15, -0.1) is 0 Å². The fourth-order valence-electron chi connectivity index (χ4n) is 3.96. The number of benzene rings is 1. The summed E-state index contributed by atoms with van der Waals surface area (Å²) in [5.41, 5.74) is 2.75. The van der Waals surface area contributed by atoms with Crippen LogP contribution in [0.5, 0.6) is 0 Å². The molecule has 1 aromatic heterocycles. The van der Waals surface area contributed by atoms with Crippen LogP contribution >= 0.6 is 0 Å². The van der Waals surface area contributed by atoms with E-state index in [1.807, 2.05) is 58.0 Å². The monoisotopic (exact) mass is 513 g/mol. The smallest absolute Gasteiger partial charge is 0.268 e. The number of aryl methyl sites for hydroxylation is 1. The number of hydroxylamine groups is 1. The van der Waals surface area contributed by atoms with Crippen LogP contribution in [0.3, 0.4) is 0 Å². The summed E-state index contributed by atoms with van der Waals surface area (Å²) >= 11 is 0. The molecule has 2 rings (SSSR count). The van der Waals surface area contributed by atoms with Gasteiger partial charge in [-0.2, -0.15) is 0 Å². The molecule has 0 bridgehead atoms. The van der Waals surface area contributed by atoms with Crippen molar-refractivity contribution in [3.63, 3.8) is 0 Å². The van der Waals surface area contributed by atoms with Crippen molar-refractivity contribution >= 4 is 23.6 Å². The molecule has 0 aliphatic heterocycles. The van der Waals surface area contributed by atoms with Crippen molar-refractivity contribution in [3.8, 4) is 0 Å². The number of amides is 3. The normalized spacial score (nSPS) is 11.9. The maximum absolute atomic E-state index is 13.6. The summed E-state index contributed by atoms with van der Waals surface area (Å²) in [6.45, 7) is 7.85. The van der Waals surface area contributed by atoms with Crippen molar-refractivity contribution in [2.24, 2.45) is 11.8 Å². The minimum absolute atomic E-state index is 0.0603. The van der Waals surface area contributed by atoms with Crippen molar-refractivity contribution in [3.05, 3.63) is 54.6 Å². The van der Waals surface area contributed by atoms with E-state index < -0.39 is 36.1 Å². The van der Waals surface area contributed by atoms with Gasteiger partial charge in [0.25, 0.3) is 11.8 Å². The second-order valence-electron chi connectivity index (χ2n) is 9.95. The Labute approximate surface area is 218 Å². The van der Waals surface area contributed by atoms with Crippen LogP contribution < -0.4 is 5.48 Å². The van der Waals surface area contributed by atoms with Crippen LogP contribution in [0.1, 0.15) is 70.2 Å². The first-order valence-electron chi connectivity index (χ1n) is 12.7. The predicted molar refractivity (Wildman–Crippen MR) is 138 cm³/mol. The highest BCUT2D eigenvalue weighted by Crippen LogP contribution is 2.20. The number of nitrogens with zero attached hydrogens (tertiary/aromatic N) is 4. The van der Waals surface area contributed by atoms with Gasteiger partial charge in [0.1, 0.15) is 18.8 Å². The molecule has 0 saturated carbocycles. The third kappa shape index (κ3) is 9.45. The molecule has 0 fully saturated rings. The van der Waals surface area contributed by atoms with E-state index in [1.165, 1.54) is 33.3 Å². The molecular weight excluding hydrogens is 474 g/mol. The lowest BCUT2D eigenvalue weighted by Gasteiger charge is -2.40. The van der Waals surface area contributed by atoms with Crippen LogP contribution in [0.2, 0.25) is 0 Å². The Hall–Kier alpha value is -3.53. The highest BCUT2D eigenvalue weighted by atomic mass is 16.5. The van der Waals surface area contributed by atoms with Gasteiger partial charge in [0, 0.05) is 25.4 Å². The van der Waals surface area contributed by atoms with Gasteiger partial charge in [0.15, 0.2) is 0 Å². The zero-order chi connectivity index (χ0) is 27.4. The SMILES string of the molecule is CC(C)CCC(=O)N([C@@H](CCCc1ccccc1)C(=O)NO)N(CC(C)C)C(=O)CC(=O)n1ccnc1. The molecular formula is C27H39N5O5. The van der Waals surface area contributed by atoms with Gasteiger partial charge in [0.2, 0.25) is 11.8 Å². The van der Waals surface area contributed by atoms with Crippen LogP contribution in [0.4, 0.5) is 0 Å². The van der Waals surface area contributed by atoms with E-state index in [0.29, 0.717) is 19.3 Å². The molecule has 0 saturated heterocycles. The first-order valence-corrected chi connectivity index (χ1v) is 12.7. The minimum Gasteiger partial charge on any atom is -0.289 e. The van der Waals surface area contributed by atoms with Gasteiger partial charge in [-0.05, 0) is 43.1 Å². The predicted octanol–water partition coefficient (Wildman–Crippen LogP) is 3.47. The Kier molecular flexibility index (Phi) is 12.0. The molecule has 3 amide bonds.